The van der Waals surface area contributed by atoms with Gasteiger partial charge in [-0.25, -0.2) is 4.79 Å². The van der Waals surface area contributed by atoms with E-state index in [4.69, 9.17) is 18.9 Å². The molecule has 6 rings (SSSR count). The second kappa shape index (κ2) is 9.50. The van der Waals surface area contributed by atoms with Crippen LogP contribution < -0.4 is 0 Å². The molecule has 0 bridgehead atoms. The summed E-state index contributed by atoms with van der Waals surface area (Å²) in [4.78, 5) is 11.8. The van der Waals surface area contributed by atoms with Crippen LogP contribution in [0.1, 0.15) is 85.5 Å². The number of hydrogen-bond acceptors (Lipinski definition) is 8. The number of cyclic esters (lactones) is 1. The third-order valence-corrected chi connectivity index (χ3v) is 12.5. The monoisotopic (exact) mass is 548 g/mol. The molecule has 220 valence electrons. The number of rotatable bonds is 4. The molecule has 3 unspecified atom stereocenters. The standard InChI is InChI=1S/C31H48O8/c1-17-27(34)24(36-5)15-30(4,38-17)39-20-8-10-28(2)19(13-20)6-7-22-26(28)23(32)14-29(3)21(9-11-31(22,29)35)18-12-25(33)37-16-18/h12,17,19-24,26-27,32,34-35H,6-11,13-16H2,1-5H3/t17-,19+,20-,21+,22?,23?,24-,26?,27+,28-,29+,30-,31-/m0/s1. The van der Waals surface area contributed by atoms with Gasteiger partial charge in [0.2, 0.25) is 0 Å². The zero-order valence-corrected chi connectivity index (χ0v) is 24.2. The van der Waals surface area contributed by atoms with Crippen LogP contribution in [0.5, 0.6) is 0 Å². The summed E-state index contributed by atoms with van der Waals surface area (Å²) >= 11 is 0. The first kappa shape index (κ1) is 28.1. The van der Waals surface area contributed by atoms with E-state index in [0.717, 1.165) is 44.1 Å². The highest BCUT2D eigenvalue weighted by atomic mass is 16.7. The van der Waals surface area contributed by atoms with Gasteiger partial charge in [-0.1, -0.05) is 13.8 Å². The summed E-state index contributed by atoms with van der Waals surface area (Å²) in [5.74, 6) is -0.561. The van der Waals surface area contributed by atoms with Crippen LogP contribution in [-0.4, -0.2) is 76.9 Å². The Morgan fingerprint density at radius 2 is 1.82 bits per heavy atom. The Hall–Kier alpha value is -1.03. The van der Waals surface area contributed by atoms with E-state index in [-0.39, 0.29) is 47.4 Å². The largest absolute Gasteiger partial charge is 0.458 e. The van der Waals surface area contributed by atoms with Crippen molar-refractivity contribution in [1.82, 2.24) is 0 Å². The lowest BCUT2D eigenvalue weighted by Crippen LogP contribution is -2.66. The number of aliphatic hydroxyl groups is 3. The summed E-state index contributed by atoms with van der Waals surface area (Å²) < 4.78 is 23.6. The maximum Gasteiger partial charge on any atom is 0.331 e. The van der Waals surface area contributed by atoms with E-state index >= 15 is 0 Å². The number of hydrogen-bond donors (Lipinski definition) is 3. The lowest BCUT2D eigenvalue weighted by atomic mass is 9.42. The highest BCUT2D eigenvalue weighted by molar-refractivity contribution is 5.85. The molecule has 2 aliphatic heterocycles. The SMILES string of the molecule is CO[C@H]1C[C@](C)(O[C@H]2CC[C@]3(C)C4C(O)C[C@]5(C)[C@@H](C6=CC(=O)OC6)CC[C@]5(O)C4CC[C@@H]3C2)O[C@@H](C)[C@H]1O. The molecule has 5 fully saturated rings. The molecule has 6 aliphatic rings. The van der Waals surface area contributed by atoms with Crippen molar-refractivity contribution in [2.24, 2.45) is 34.5 Å². The Labute approximate surface area is 232 Å². The predicted octanol–water partition coefficient (Wildman–Crippen LogP) is 3.50. The number of aliphatic hydroxyl groups excluding tert-OH is 2. The smallest absolute Gasteiger partial charge is 0.331 e. The van der Waals surface area contributed by atoms with E-state index in [1.54, 1.807) is 13.2 Å². The molecule has 8 heteroatoms. The van der Waals surface area contributed by atoms with Gasteiger partial charge >= 0.3 is 5.97 Å². The van der Waals surface area contributed by atoms with Crippen molar-refractivity contribution in [3.8, 4) is 0 Å². The normalized spacial score (nSPS) is 55.3. The maximum atomic E-state index is 12.4. The number of methoxy groups -OCH3 is 1. The van der Waals surface area contributed by atoms with Gasteiger partial charge in [-0.05, 0) is 99.9 Å². The van der Waals surface area contributed by atoms with Gasteiger partial charge in [0.25, 0.3) is 0 Å². The average molecular weight is 549 g/mol. The average Bonchev–Trinajstić information content (AvgIpc) is 3.41. The third-order valence-electron chi connectivity index (χ3n) is 12.5. The molecule has 0 amide bonds. The first-order valence-electron chi connectivity index (χ1n) is 15.2. The van der Waals surface area contributed by atoms with E-state index in [2.05, 4.69) is 13.8 Å². The zero-order valence-electron chi connectivity index (χ0n) is 24.2. The van der Waals surface area contributed by atoms with Crippen molar-refractivity contribution < 1.29 is 39.1 Å². The Kier molecular flexibility index (Phi) is 6.84. The Bertz CT molecular complexity index is 1010. The summed E-state index contributed by atoms with van der Waals surface area (Å²) in [5.41, 5.74) is -0.415. The molecule has 2 heterocycles. The van der Waals surface area contributed by atoms with Gasteiger partial charge in [0.1, 0.15) is 12.7 Å². The summed E-state index contributed by atoms with van der Waals surface area (Å²) in [6, 6.07) is 0. The Morgan fingerprint density at radius 3 is 2.51 bits per heavy atom. The summed E-state index contributed by atoms with van der Waals surface area (Å²) in [5, 5.41) is 34.7. The summed E-state index contributed by atoms with van der Waals surface area (Å²) in [6.45, 7) is 8.62. The fourth-order valence-electron chi connectivity index (χ4n) is 10.5. The minimum absolute atomic E-state index is 0.0394. The predicted molar refractivity (Wildman–Crippen MR) is 142 cm³/mol. The van der Waals surface area contributed by atoms with Crippen LogP contribution in [0.3, 0.4) is 0 Å². The van der Waals surface area contributed by atoms with Crippen LogP contribution in [0, 0.1) is 34.5 Å². The number of esters is 1. The summed E-state index contributed by atoms with van der Waals surface area (Å²) in [7, 11) is 1.62. The fraction of sp³-hybridized carbons (Fsp3) is 0.903. The second-order valence-corrected chi connectivity index (χ2v) is 14.4. The first-order valence-corrected chi connectivity index (χ1v) is 15.2. The van der Waals surface area contributed by atoms with Crippen LogP contribution in [0.15, 0.2) is 11.6 Å². The van der Waals surface area contributed by atoms with E-state index in [1.807, 2.05) is 13.8 Å². The third kappa shape index (κ3) is 4.18. The molecule has 4 aliphatic carbocycles. The van der Waals surface area contributed by atoms with E-state index in [9.17, 15) is 20.1 Å². The van der Waals surface area contributed by atoms with Crippen molar-refractivity contribution in [3.05, 3.63) is 11.6 Å². The molecule has 39 heavy (non-hydrogen) atoms. The molecule has 13 atom stereocenters. The van der Waals surface area contributed by atoms with Crippen LogP contribution >= 0.6 is 0 Å². The minimum atomic E-state index is -0.856. The van der Waals surface area contributed by atoms with Crippen LogP contribution in [0.25, 0.3) is 0 Å². The molecule has 4 saturated carbocycles. The minimum Gasteiger partial charge on any atom is -0.458 e. The number of carbonyl (C=O) groups excluding carboxylic acids is 1. The van der Waals surface area contributed by atoms with Crippen LogP contribution in [-0.2, 0) is 23.7 Å². The van der Waals surface area contributed by atoms with Crippen molar-refractivity contribution in [2.45, 2.75) is 127 Å². The lowest BCUT2D eigenvalue weighted by Gasteiger charge is -2.65. The molecule has 0 aromatic rings. The van der Waals surface area contributed by atoms with Gasteiger partial charge < -0.3 is 34.3 Å². The molecule has 0 aromatic heterocycles. The molecular weight excluding hydrogens is 500 g/mol. The quantitative estimate of drug-likeness (QED) is 0.361. The van der Waals surface area contributed by atoms with Gasteiger partial charge in [-0.3, -0.25) is 0 Å². The Balaban J connectivity index is 1.19. The van der Waals surface area contributed by atoms with Gasteiger partial charge in [-0.15, -0.1) is 0 Å². The molecule has 8 nitrogen and oxygen atoms in total. The van der Waals surface area contributed by atoms with Crippen molar-refractivity contribution in [1.29, 1.82) is 0 Å². The molecule has 0 spiro atoms. The zero-order chi connectivity index (χ0) is 28.0. The van der Waals surface area contributed by atoms with Gasteiger partial charge in [-0.2, -0.15) is 0 Å². The molecule has 0 radical (unpaired) electrons. The molecule has 0 aromatic carbocycles. The van der Waals surface area contributed by atoms with Gasteiger partial charge in [0, 0.05) is 25.0 Å². The second-order valence-electron chi connectivity index (χ2n) is 14.4. The summed E-state index contributed by atoms with van der Waals surface area (Å²) in [6.07, 6.45) is 6.99. The van der Waals surface area contributed by atoms with Crippen molar-refractivity contribution in [2.75, 3.05) is 13.7 Å². The topological polar surface area (TPSA) is 115 Å². The van der Waals surface area contributed by atoms with E-state index < -0.39 is 29.0 Å². The number of ether oxygens (including phenoxy) is 4. The maximum absolute atomic E-state index is 12.4. The highest BCUT2D eigenvalue weighted by Gasteiger charge is 2.70. The van der Waals surface area contributed by atoms with Crippen LogP contribution in [0.4, 0.5) is 0 Å². The van der Waals surface area contributed by atoms with Gasteiger partial charge in [0.05, 0.1) is 30.0 Å². The van der Waals surface area contributed by atoms with Crippen LogP contribution in [0.2, 0.25) is 0 Å². The lowest BCUT2D eigenvalue weighted by molar-refractivity contribution is -0.330. The van der Waals surface area contributed by atoms with E-state index in [1.165, 1.54) is 0 Å². The van der Waals surface area contributed by atoms with Crippen molar-refractivity contribution in [3.63, 3.8) is 0 Å². The first-order chi connectivity index (χ1) is 18.3. The molecule has 3 N–H and O–H groups in total. The van der Waals surface area contributed by atoms with Crippen molar-refractivity contribution >= 4 is 5.97 Å². The molecular formula is C31H48O8. The van der Waals surface area contributed by atoms with E-state index in [0.29, 0.717) is 31.8 Å². The fourth-order valence-corrected chi connectivity index (χ4v) is 10.5. The Morgan fingerprint density at radius 1 is 1.05 bits per heavy atom. The number of carbonyl (C=O) groups is 1. The van der Waals surface area contributed by atoms with Gasteiger partial charge in [0.15, 0.2) is 5.79 Å². The number of fused-ring (bicyclic) bond motifs is 5. The molecule has 1 saturated heterocycles. The highest BCUT2D eigenvalue weighted by Crippen LogP contribution is 2.70.